The van der Waals surface area contributed by atoms with E-state index in [-0.39, 0.29) is 5.78 Å². The lowest BCUT2D eigenvalue weighted by molar-refractivity contribution is -0.905. The second-order valence-electron chi connectivity index (χ2n) is 8.43. The molecular formula is C25H28ClN4O+. The summed E-state index contributed by atoms with van der Waals surface area (Å²) in [5.74, 6) is 0.946. The molecule has 1 aliphatic heterocycles. The molecule has 0 bridgehead atoms. The number of fused-ring (bicyclic) bond motifs is 3. The maximum Gasteiger partial charge on any atom is 0.216 e. The molecule has 4 aromatic rings. The zero-order valence-electron chi connectivity index (χ0n) is 17.9. The van der Waals surface area contributed by atoms with Gasteiger partial charge in [0, 0.05) is 17.0 Å². The van der Waals surface area contributed by atoms with Crippen LogP contribution in [0, 0.1) is 0 Å². The molecular weight excluding hydrogens is 408 g/mol. The van der Waals surface area contributed by atoms with Crippen LogP contribution >= 0.6 is 11.6 Å². The number of rotatable bonds is 6. The average Bonchev–Trinajstić information content (AvgIpc) is 3.33. The Hall–Kier alpha value is -2.63. The minimum Gasteiger partial charge on any atom is -0.333 e. The minimum absolute atomic E-state index is 0.0991. The van der Waals surface area contributed by atoms with E-state index < -0.39 is 0 Å². The number of nitrogens with one attached hydrogen (secondary N) is 1. The Kier molecular flexibility index (Phi) is 5.55. The predicted octanol–water partition coefficient (Wildman–Crippen LogP) is 4.27. The standard InChI is InChI=1S/C25H27ClN4O/c1-2-22(31)24-23(18-10-12-19(26)13-11-18)27-25-29(17-16-28-14-6-3-7-15-28)20-8-4-5-9-21(20)30(24)25/h4-5,8-13H,2-3,6-7,14-17H2,1H3/p+1. The van der Waals surface area contributed by atoms with Gasteiger partial charge in [-0.3, -0.25) is 9.20 Å². The Labute approximate surface area is 187 Å². The van der Waals surface area contributed by atoms with Gasteiger partial charge < -0.3 is 9.47 Å². The third kappa shape index (κ3) is 3.66. The van der Waals surface area contributed by atoms with Crippen LogP contribution in [-0.2, 0) is 6.54 Å². The molecule has 5 rings (SSSR count). The molecule has 2 aromatic carbocycles. The normalized spacial score (nSPS) is 15.2. The van der Waals surface area contributed by atoms with Gasteiger partial charge >= 0.3 is 0 Å². The summed E-state index contributed by atoms with van der Waals surface area (Å²) >= 11 is 6.11. The third-order valence-electron chi connectivity index (χ3n) is 6.47. The number of nitrogens with zero attached hydrogens (tertiary/aromatic N) is 3. The molecule has 1 saturated heterocycles. The van der Waals surface area contributed by atoms with Gasteiger partial charge in [-0.2, -0.15) is 0 Å². The summed E-state index contributed by atoms with van der Waals surface area (Å²) in [5, 5.41) is 0.676. The minimum atomic E-state index is 0.0991. The Bertz CT molecular complexity index is 1230. The fourth-order valence-corrected chi connectivity index (χ4v) is 4.96. The fourth-order valence-electron chi connectivity index (χ4n) is 4.83. The number of benzene rings is 2. The van der Waals surface area contributed by atoms with Crippen molar-refractivity contribution in [1.82, 2.24) is 14.0 Å². The van der Waals surface area contributed by atoms with Crippen LogP contribution in [0.25, 0.3) is 28.1 Å². The number of carbonyl (C=O) groups excluding carboxylic acids is 1. The highest BCUT2D eigenvalue weighted by atomic mass is 35.5. The summed E-state index contributed by atoms with van der Waals surface area (Å²) in [5.41, 5.74) is 4.50. The van der Waals surface area contributed by atoms with E-state index >= 15 is 0 Å². The lowest BCUT2D eigenvalue weighted by atomic mass is 10.1. The van der Waals surface area contributed by atoms with Gasteiger partial charge in [-0.15, -0.1) is 0 Å². The quantitative estimate of drug-likeness (QED) is 0.459. The molecule has 6 heteroatoms. The average molecular weight is 436 g/mol. The molecule has 160 valence electrons. The number of imidazole rings is 2. The number of quaternary nitrogens is 1. The van der Waals surface area contributed by atoms with E-state index in [1.54, 1.807) is 4.90 Å². The van der Waals surface area contributed by atoms with Gasteiger partial charge in [-0.05, 0) is 43.5 Å². The van der Waals surface area contributed by atoms with Crippen LogP contribution < -0.4 is 4.90 Å². The zero-order chi connectivity index (χ0) is 21.4. The van der Waals surface area contributed by atoms with Crippen molar-refractivity contribution in [2.24, 2.45) is 0 Å². The highest BCUT2D eigenvalue weighted by molar-refractivity contribution is 6.30. The second-order valence-corrected chi connectivity index (χ2v) is 8.87. The molecule has 0 radical (unpaired) electrons. The van der Waals surface area contributed by atoms with Crippen LogP contribution in [-0.4, -0.2) is 39.4 Å². The van der Waals surface area contributed by atoms with Gasteiger partial charge in [0.25, 0.3) is 0 Å². The van der Waals surface area contributed by atoms with E-state index in [0.29, 0.717) is 17.1 Å². The molecule has 0 atom stereocenters. The number of piperidine rings is 1. The summed E-state index contributed by atoms with van der Waals surface area (Å²) < 4.78 is 4.36. The third-order valence-corrected chi connectivity index (χ3v) is 6.72. The molecule has 0 saturated carbocycles. The van der Waals surface area contributed by atoms with E-state index in [1.165, 1.54) is 32.4 Å². The van der Waals surface area contributed by atoms with E-state index in [4.69, 9.17) is 16.6 Å². The number of carbonyl (C=O) groups is 1. The molecule has 2 aromatic heterocycles. The Morgan fingerprint density at radius 3 is 2.45 bits per heavy atom. The highest BCUT2D eigenvalue weighted by Gasteiger charge is 2.25. The van der Waals surface area contributed by atoms with Crippen molar-refractivity contribution >= 4 is 34.2 Å². The largest absolute Gasteiger partial charge is 0.333 e. The fraction of sp³-hybridized carbons (Fsp3) is 0.360. The van der Waals surface area contributed by atoms with E-state index in [2.05, 4.69) is 27.2 Å². The summed E-state index contributed by atoms with van der Waals surface area (Å²) in [4.78, 5) is 19.8. The first-order valence-corrected chi connectivity index (χ1v) is 11.7. The number of halogens is 1. The smallest absolute Gasteiger partial charge is 0.216 e. The Morgan fingerprint density at radius 2 is 1.74 bits per heavy atom. The second kappa shape index (κ2) is 8.48. The Balaban J connectivity index is 1.68. The highest BCUT2D eigenvalue weighted by Crippen LogP contribution is 2.31. The van der Waals surface area contributed by atoms with Crippen LogP contribution in [0.2, 0.25) is 5.02 Å². The van der Waals surface area contributed by atoms with Crippen molar-refractivity contribution in [2.45, 2.75) is 39.2 Å². The molecule has 3 heterocycles. The lowest BCUT2D eigenvalue weighted by Gasteiger charge is -2.23. The molecule has 0 aliphatic carbocycles. The van der Waals surface area contributed by atoms with Gasteiger partial charge in [-0.1, -0.05) is 42.8 Å². The van der Waals surface area contributed by atoms with Crippen molar-refractivity contribution < 1.29 is 9.69 Å². The number of hydrogen-bond acceptors (Lipinski definition) is 2. The van der Waals surface area contributed by atoms with Gasteiger partial charge in [0.2, 0.25) is 5.78 Å². The van der Waals surface area contributed by atoms with Crippen LogP contribution in [0.15, 0.2) is 48.5 Å². The number of para-hydroxylation sites is 2. The summed E-state index contributed by atoms with van der Waals surface area (Å²) in [6, 6.07) is 15.9. The molecule has 31 heavy (non-hydrogen) atoms. The first kappa shape index (κ1) is 20.3. The number of hydrogen-bond donors (Lipinski definition) is 1. The number of Topliss-reactive ketones (excluding diaryl/α,β-unsaturated/α-hetero) is 1. The predicted molar refractivity (Wildman–Crippen MR) is 125 cm³/mol. The van der Waals surface area contributed by atoms with Crippen molar-refractivity contribution in [3.63, 3.8) is 0 Å². The van der Waals surface area contributed by atoms with Crippen molar-refractivity contribution in [1.29, 1.82) is 0 Å². The van der Waals surface area contributed by atoms with Crippen LogP contribution in [0.5, 0.6) is 0 Å². The van der Waals surface area contributed by atoms with Crippen molar-refractivity contribution in [3.05, 3.63) is 59.2 Å². The van der Waals surface area contributed by atoms with Crippen molar-refractivity contribution in [2.75, 3.05) is 19.6 Å². The molecule has 1 aliphatic rings. The molecule has 0 spiro atoms. The summed E-state index contributed by atoms with van der Waals surface area (Å²) in [6.45, 7) is 6.38. The van der Waals surface area contributed by atoms with Crippen molar-refractivity contribution in [3.8, 4) is 11.3 Å². The molecule has 1 N–H and O–H groups in total. The first-order chi connectivity index (χ1) is 15.2. The van der Waals surface area contributed by atoms with E-state index in [9.17, 15) is 4.79 Å². The van der Waals surface area contributed by atoms with Crippen LogP contribution in [0.3, 0.4) is 0 Å². The summed E-state index contributed by atoms with van der Waals surface area (Å²) in [6.07, 6.45) is 4.42. The lowest BCUT2D eigenvalue weighted by Crippen LogP contribution is -3.13. The SMILES string of the molecule is CCC(=O)c1c(-c2ccc(Cl)cc2)nc2n(CC[NH+]3CCCCC3)c3ccccc3n12. The van der Waals surface area contributed by atoms with E-state index in [0.717, 1.165) is 41.2 Å². The van der Waals surface area contributed by atoms with Gasteiger partial charge in [-0.25, -0.2) is 4.98 Å². The number of likely N-dealkylation sites (tertiary alicyclic amines) is 1. The Morgan fingerprint density at radius 1 is 1.03 bits per heavy atom. The summed E-state index contributed by atoms with van der Waals surface area (Å²) in [7, 11) is 0. The zero-order valence-corrected chi connectivity index (χ0v) is 18.7. The van der Waals surface area contributed by atoms with Gasteiger partial charge in [0.15, 0.2) is 5.78 Å². The number of ketones is 1. The number of aromatic nitrogens is 3. The van der Waals surface area contributed by atoms with Crippen LogP contribution in [0.4, 0.5) is 0 Å². The maximum absolute atomic E-state index is 13.1. The molecule has 1 fully saturated rings. The first-order valence-electron chi connectivity index (χ1n) is 11.3. The topological polar surface area (TPSA) is 43.7 Å². The monoisotopic (exact) mass is 435 g/mol. The molecule has 0 amide bonds. The van der Waals surface area contributed by atoms with E-state index in [1.807, 2.05) is 37.3 Å². The molecule has 5 nitrogen and oxygen atoms in total. The van der Waals surface area contributed by atoms with Gasteiger partial charge in [0.1, 0.15) is 11.4 Å². The van der Waals surface area contributed by atoms with Crippen LogP contribution in [0.1, 0.15) is 43.1 Å². The molecule has 0 unspecified atom stereocenters. The maximum atomic E-state index is 13.1. The van der Waals surface area contributed by atoms with Gasteiger partial charge in [0.05, 0.1) is 37.2 Å².